The van der Waals surface area contributed by atoms with Crippen molar-refractivity contribution in [2.24, 2.45) is 0 Å². The van der Waals surface area contributed by atoms with Crippen molar-refractivity contribution in [2.75, 3.05) is 32.0 Å². The molecule has 0 saturated carbocycles. The molecule has 51 heavy (non-hydrogen) atoms. The Morgan fingerprint density at radius 2 is 1.78 bits per heavy atom. The zero-order valence-corrected chi connectivity index (χ0v) is 29.2. The molecule has 1 saturated heterocycles. The Balaban J connectivity index is 0.000000654. The first-order chi connectivity index (χ1) is 24.3. The summed E-state index contributed by atoms with van der Waals surface area (Å²) in [5.74, 6) is -1.53. The standard InChI is InChI=1S/C26H25N9O8S.C6H15N/c1-13-5-4-6-14(9-13)16-10-35(33-31-16)26-29-22(27)19-23(30-26)34(12-28-19)25-21(38)20(37)18(43-25)11-42-44(40,41)32-24(39)15-7-2-3-8-17(15)36;1-4-7(5-2)6-3/h2-10,12,18,20-21,25,36-38H,11H2,1H3,(H,32,39)(H2,27,29,30);4-6H2,1-3H3/t18-,20-,21-,25-;/m1./s1. The highest BCUT2D eigenvalue weighted by molar-refractivity contribution is 7.85. The summed E-state index contributed by atoms with van der Waals surface area (Å²) in [5.41, 5.74) is 8.59. The van der Waals surface area contributed by atoms with Crippen molar-refractivity contribution >= 4 is 33.2 Å². The Hall–Kier alpha value is -5.05. The molecule has 18 nitrogen and oxygen atoms in total. The van der Waals surface area contributed by atoms with E-state index in [0.717, 1.165) is 11.1 Å². The second-order valence-corrected chi connectivity index (χ2v) is 12.9. The van der Waals surface area contributed by atoms with Crippen LogP contribution < -0.4 is 10.5 Å². The van der Waals surface area contributed by atoms with E-state index in [1.54, 1.807) is 10.9 Å². The number of aliphatic hydroxyl groups excluding tert-OH is 2. The number of hydrogen-bond acceptors (Lipinski definition) is 15. The third-order valence-corrected chi connectivity index (χ3v) is 9.04. The lowest BCUT2D eigenvalue weighted by atomic mass is 10.1. The molecule has 0 unspecified atom stereocenters. The average Bonchev–Trinajstić information content (AvgIpc) is 3.83. The van der Waals surface area contributed by atoms with E-state index in [0.29, 0.717) is 5.69 Å². The van der Waals surface area contributed by atoms with Gasteiger partial charge in [-0.15, -0.1) is 5.10 Å². The number of nitrogen functional groups attached to an aromatic ring is 1. The molecule has 1 aliphatic rings. The number of fused-ring (bicyclic) bond motifs is 1. The molecule has 6 N–H and O–H groups in total. The lowest BCUT2D eigenvalue weighted by Crippen LogP contribution is -2.37. The van der Waals surface area contributed by atoms with Crippen molar-refractivity contribution in [1.29, 1.82) is 0 Å². The molecule has 19 heteroatoms. The monoisotopic (exact) mass is 724 g/mol. The van der Waals surface area contributed by atoms with Crippen LogP contribution >= 0.6 is 0 Å². The molecule has 0 aliphatic carbocycles. The van der Waals surface area contributed by atoms with Gasteiger partial charge in [-0.3, -0.25) is 13.5 Å². The minimum atomic E-state index is -4.70. The largest absolute Gasteiger partial charge is 0.507 e. The number of phenols is 1. The van der Waals surface area contributed by atoms with Gasteiger partial charge in [0.25, 0.3) is 11.9 Å². The van der Waals surface area contributed by atoms with E-state index < -0.39 is 53.1 Å². The number of rotatable bonds is 11. The summed E-state index contributed by atoms with van der Waals surface area (Å²) < 4.78 is 39.6. The minimum Gasteiger partial charge on any atom is -0.507 e. The van der Waals surface area contributed by atoms with Crippen LogP contribution in [0.4, 0.5) is 5.82 Å². The summed E-state index contributed by atoms with van der Waals surface area (Å²) in [6.45, 7) is 11.3. The molecule has 1 fully saturated rings. The van der Waals surface area contributed by atoms with Gasteiger partial charge in [-0.05, 0) is 44.8 Å². The number of imidazole rings is 1. The Morgan fingerprint density at radius 1 is 1.06 bits per heavy atom. The molecule has 5 aromatic rings. The number of aliphatic hydroxyl groups is 2. The van der Waals surface area contributed by atoms with E-state index in [-0.39, 0.29) is 28.5 Å². The van der Waals surface area contributed by atoms with E-state index in [9.17, 15) is 28.5 Å². The number of ether oxygens (including phenoxy) is 1. The van der Waals surface area contributed by atoms with Crippen LogP contribution in [-0.2, 0) is 19.2 Å². The number of nitrogens with one attached hydrogen (secondary N) is 1. The second-order valence-electron chi connectivity index (χ2n) is 11.5. The molecule has 1 aliphatic heterocycles. The predicted octanol–water partition coefficient (Wildman–Crippen LogP) is 1.33. The smallest absolute Gasteiger partial charge is 0.362 e. The zero-order chi connectivity index (χ0) is 36.9. The number of amides is 1. The van der Waals surface area contributed by atoms with Crippen molar-refractivity contribution in [2.45, 2.75) is 52.2 Å². The summed E-state index contributed by atoms with van der Waals surface area (Å²) >= 11 is 0. The van der Waals surface area contributed by atoms with Crippen molar-refractivity contribution in [1.82, 2.24) is 44.1 Å². The summed E-state index contributed by atoms with van der Waals surface area (Å²) in [4.78, 5) is 27.6. The van der Waals surface area contributed by atoms with Crippen LogP contribution in [0.1, 0.15) is 42.9 Å². The number of hydrogen-bond donors (Lipinski definition) is 5. The molecule has 4 heterocycles. The van der Waals surface area contributed by atoms with Gasteiger partial charge in [0.15, 0.2) is 17.7 Å². The minimum absolute atomic E-state index is 0.00411. The first kappa shape index (κ1) is 37.2. The van der Waals surface area contributed by atoms with E-state index in [4.69, 9.17) is 14.7 Å². The Bertz CT molecular complexity index is 2080. The fourth-order valence-electron chi connectivity index (χ4n) is 5.30. The van der Waals surface area contributed by atoms with Crippen LogP contribution in [0.2, 0.25) is 0 Å². The molecule has 0 spiro atoms. The third kappa shape index (κ3) is 8.47. The van der Waals surface area contributed by atoms with Gasteiger partial charge < -0.3 is 30.7 Å². The van der Waals surface area contributed by atoms with Crippen LogP contribution in [-0.4, -0.2) is 114 Å². The van der Waals surface area contributed by atoms with E-state index >= 15 is 0 Å². The molecular weight excluding hydrogens is 684 g/mol. The van der Waals surface area contributed by atoms with Crippen LogP contribution in [0.5, 0.6) is 5.75 Å². The predicted molar refractivity (Wildman–Crippen MR) is 185 cm³/mol. The van der Waals surface area contributed by atoms with Crippen LogP contribution in [0, 0.1) is 6.92 Å². The number of carbonyl (C=O) groups is 1. The number of anilines is 1. The van der Waals surface area contributed by atoms with Gasteiger partial charge in [0, 0.05) is 5.56 Å². The Kier molecular flexibility index (Phi) is 11.6. The maximum atomic E-state index is 12.4. The molecule has 272 valence electrons. The molecule has 0 radical (unpaired) electrons. The van der Waals surface area contributed by atoms with Gasteiger partial charge in [0.2, 0.25) is 0 Å². The van der Waals surface area contributed by atoms with E-state index in [1.807, 2.05) is 31.2 Å². The highest BCUT2D eigenvalue weighted by Gasteiger charge is 2.45. The van der Waals surface area contributed by atoms with Crippen LogP contribution in [0.3, 0.4) is 0 Å². The van der Waals surface area contributed by atoms with Gasteiger partial charge in [-0.2, -0.15) is 23.1 Å². The summed E-state index contributed by atoms with van der Waals surface area (Å²) in [6, 6.07) is 13.0. The van der Waals surface area contributed by atoms with Gasteiger partial charge in [-0.25, -0.2) is 9.71 Å². The van der Waals surface area contributed by atoms with Gasteiger partial charge in [0.1, 0.15) is 35.3 Å². The maximum absolute atomic E-state index is 12.4. The molecular formula is C32H40N10O8S. The molecule has 4 atom stereocenters. The highest BCUT2D eigenvalue weighted by Crippen LogP contribution is 2.33. The van der Waals surface area contributed by atoms with Gasteiger partial charge >= 0.3 is 10.3 Å². The van der Waals surface area contributed by atoms with Crippen LogP contribution in [0.15, 0.2) is 61.1 Å². The number of benzene rings is 2. The lowest BCUT2D eigenvalue weighted by Gasteiger charge is -2.16. The van der Waals surface area contributed by atoms with Gasteiger partial charge in [-0.1, -0.05) is 61.9 Å². The number of nitrogens with two attached hydrogens (primary N) is 1. The molecule has 6 rings (SSSR count). The topological polar surface area (TPSA) is 246 Å². The lowest BCUT2D eigenvalue weighted by molar-refractivity contribution is -0.0468. The Morgan fingerprint density at radius 3 is 2.45 bits per heavy atom. The zero-order valence-electron chi connectivity index (χ0n) is 28.4. The van der Waals surface area contributed by atoms with Crippen molar-refractivity contribution in [3.8, 4) is 23.0 Å². The average molecular weight is 725 g/mol. The van der Waals surface area contributed by atoms with Crippen molar-refractivity contribution in [3.05, 3.63) is 72.2 Å². The summed E-state index contributed by atoms with van der Waals surface area (Å²) in [5, 5.41) is 39.5. The normalized spacial score (nSPS) is 18.9. The number of phenolic OH excluding ortho intramolecular Hbond substituents is 1. The maximum Gasteiger partial charge on any atom is 0.362 e. The van der Waals surface area contributed by atoms with E-state index in [2.05, 4.69) is 50.9 Å². The van der Waals surface area contributed by atoms with E-state index in [1.165, 1.54) is 59.5 Å². The number of carbonyl (C=O) groups excluding carboxylic acids is 1. The number of aromatic nitrogens is 7. The van der Waals surface area contributed by atoms with Gasteiger partial charge in [0.05, 0.1) is 24.7 Å². The fourth-order valence-corrected chi connectivity index (χ4v) is 6.01. The highest BCUT2D eigenvalue weighted by atomic mass is 32.2. The third-order valence-electron chi connectivity index (χ3n) is 8.16. The number of aromatic hydroxyl groups is 1. The summed E-state index contributed by atoms with van der Waals surface area (Å²) in [7, 11) is -4.70. The second kappa shape index (κ2) is 15.9. The van der Waals surface area contributed by atoms with Crippen molar-refractivity contribution < 1.29 is 37.5 Å². The molecule has 1 amide bonds. The quantitative estimate of drug-likeness (QED) is 0.129. The SMILES string of the molecule is CCN(CC)CC.Cc1cccc(-c2cn(-c3nc(N)c4ncn([C@@H]5O[C@H](COS(=O)(=O)NC(=O)c6ccccc6O)[C@@H](O)[C@H]5O)c4n3)nn2)c1. The summed E-state index contributed by atoms with van der Waals surface area (Å²) in [6.07, 6.45) is -2.93. The first-order valence-electron chi connectivity index (χ1n) is 16.1. The molecule has 3 aromatic heterocycles. The molecule has 0 bridgehead atoms. The van der Waals surface area contributed by atoms with Crippen LogP contribution in [0.25, 0.3) is 28.4 Å². The number of aryl methyl sites for hydroxylation is 1. The Labute approximate surface area is 293 Å². The molecule has 2 aromatic carbocycles. The number of para-hydroxylation sites is 1. The van der Waals surface area contributed by atoms with Crippen molar-refractivity contribution in [3.63, 3.8) is 0 Å². The fraction of sp³-hybridized carbons (Fsp3) is 0.375. The first-order valence-corrected chi connectivity index (χ1v) is 17.5. The number of nitrogens with zero attached hydrogens (tertiary/aromatic N) is 8.